The van der Waals surface area contributed by atoms with Gasteiger partial charge < -0.3 is 15.3 Å². The van der Waals surface area contributed by atoms with Gasteiger partial charge in [-0.1, -0.05) is 0 Å². The number of piperidine rings is 1. The summed E-state index contributed by atoms with van der Waals surface area (Å²) in [5.74, 6) is 0.556. The summed E-state index contributed by atoms with van der Waals surface area (Å²) in [6.07, 6.45) is 5.24. The Hall–Kier alpha value is -1.99. The van der Waals surface area contributed by atoms with E-state index in [2.05, 4.69) is 15.3 Å². The molecule has 23 heavy (non-hydrogen) atoms. The van der Waals surface area contributed by atoms with Crippen LogP contribution in [0.15, 0.2) is 35.3 Å². The Morgan fingerprint density at radius 3 is 3.00 bits per heavy atom. The zero-order valence-corrected chi connectivity index (χ0v) is 13.6. The lowest BCUT2D eigenvalue weighted by atomic mass is 9.93. The third kappa shape index (κ3) is 4.27. The van der Waals surface area contributed by atoms with Gasteiger partial charge in [-0.3, -0.25) is 4.79 Å². The second kappa shape index (κ2) is 7.06. The fraction of sp³-hybridized carbons (Fsp3) is 0.438. The maximum atomic E-state index is 12.0. The van der Waals surface area contributed by atoms with Crippen molar-refractivity contribution in [3.63, 3.8) is 0 Å². The van der Waals surface area contributed by atoms with Crippen LogP contribution in [0, 0.1) is 0 Å². The van der Waals surface area contributed by atoms with Gasteiger partial charge in [0.2, 0.25) is 11.9 Å². The lowest BCUT2D eigenvalue weighted by Gasteiger charge is -2.39. The van der Waals surface area contributed by atoms with E-state index in [1.54, 1.807) is 29.8 Å². The van der Waals surface area contributed by atoms with Crippen LogP contribution in [-0.4, -0.2) is 46.2 Å². The van der Waals surface area contributed by atoms with Crippen LogP contribution in [0.25, 0.3) is 0 Å². The number of anilines is 1. The molecule has 0 saturated carbocycles. The quantitative estimate of drug-likeness (QED) is 0.861. The van der Waals surface area contributed by atoms with E-state index in [0.29, 0.717) is 25.3 Å². The average molecular weight is 332 g/mol. The molecule has 0 aliphatic carbocycles. The maximum Gasteiger partial charge on any atom is 0.225 e. The molecule has 1 aliphatic rings. The molecule has 1 aliphatic heterocycles. The topological polar surface area (TPSA) is 78.4 Å². The number of hydrogen-bond acceptors (Lipinski definition) is 6. The number of rotatable bonds is 5. The number of β-amino-alcohol motifs (C(OH)–C–C–N with tert-alkyl or cyclic N) is 1. The molecule has 1 fully saturated rings. The molecule has 3 heterocycles. The number of carbonyl (C=O) groups is 1. The molecule has 0 radical (unpaired) electrons. The van der Waals surface area contributed by atoms with E-state index in [1.807, 2.05) is 21.7 Å². The summed E-state index contributed by atoms with van der Waals surface area (Å²) in [6, 6.07) is 3.71. The van der Waals surface area contributed by atoms with Crippen LogP contribution in [0.2, 0.25) is 0 Å². The number of aliphatic hydroxyl groups is 1. The van der Waals surface area contributed by atoms with Crippen molar-refractivity contribution in [3.8, 4) is 0 Å². The van der Waals surface area contributed by atoms with Crippen molar-refractivity contribution < 1.29 is 9.90 Å². The second-order valence-corrected chi connectivity index (χ2v) is 6.66. The highest BCUT2D eigenvalue weighted by Gasteiger charge is 2.34. The van der Waals surface area contributed by atoms with Crippen molar-refractivity contribution in [2.24, 2.45) is 0 Å². The van der Waals surface area contributed by atoms with Gasteiger partial charge in [0.05, 0.1) is 18.6 Å². The van der Waals surface area contributed by atoms with Crippen molar-refractivity contribution in [2.45, 2.75) is 24.9 Å². The van der Waals surface area contributed by atoms with Gasteiger partial charge in [-0.2, -0.15) is 11.3 Å². The number of nitrogens with one attached hydrogen (secondary N) is 1. The van der Waals surface area contributed by atoms with Crippen LogP contribution in [0.5, 0.6) is 0 Å². The molecule has 122 valence electrons. The van der Waals surface area contributed by atoms with Gasteiger partial charge in [-0.25, -0.2) is 9.97 Å². The molecule has 2 aromatic rings. The van der Waals surface area contributed by atoms with Crippen molar-refractivity contribution in [2.75, 3.05) is 24.5 Å². The summed E-state index contributed by atoms with van der Waals surface area (Å²) >= 11 is 1.57. The summed E-state index contributed by atoms with van der Waals surface area (Å²) < 4.78 is 0. The Bertz CT molecular complexity index is 635. The third-order valence-corrected chi connectivity index (χ3v) is 4.68. The first-order chi connectivity index (χ1) is 11.1. The van der Waals surface area contributed by atoms with Gasteiger partial charge in [0, 0.05) is 25.5 Å². The lowest BCUT2D eigenvalue weighted by molar-refractivity contribution is -0.121. The molecule has 0 bridgehead atoms. The Morgan fingerprint density at radius 1 is 1.43 bits per heavy atom. The monoisotopic (exact) mass is 332 g/mol. The van der Waals surface area contributed by atoms with Crippen LogP contribution in [0.4, 0.5) is 5.95 Å². The smallest absolute Gasteiger partial charge is 0.225 e. The Labute approximate surface area is 139 Å². The zero-order chi connectivity index (χ0) is 16.1. The highest BCUT2D eigenvalue weighted by atomic mass is 32.1. The van der Waals surface area contributed by atoms with E-state index in [0.717, 1.165) is 18.5 Å². The number of carbonyl (C=O) groups excluding carboxylic acids is 1. The summed E-state index contributed by atoms with van der Waals surface area (Å²) in [5, 5.41) is 17.5. The van der Waals surface area contributed by atoms with Crippen molar-refractivity contribution >= 4 is 23.2 Å². The van der Waals surface area contributed by atoms with Crippen LogP contribution < -0.4 is 10.2 Å². The van der Waals surface area contributed by atoms with E-state index in [1.165, 1.54) is 0 Å². The van der Waals surface area contributed by atoms with Crippen LogP contribution in [-0.2, 0) is 11.2 Å². The minimum Gasteiger partial charge on any atom is -0.386 e. The van der Waals surface area contributed by atoms with Crippen molar-refractivity contribution in [1.82, 2.24) is 15.3 Å². The van der Waals surface area contributed by atoms with Crippen molar-refractivity contribution in [1.29, 1.82) is 0 Å². The first-order valence-electron chi connectivity index (χ1n) is 7.67. The van der Waals surface area contributed by atoms with Gasteiger partial charge >= 0.3 is 0 Å². The Balaban J connectivity index is 1.55. The predicted molar refractivity (Wildman–Crippen MR) is 89.5 cm³/mol. The maximum absolute atomic E-state index is 12.0. The molecule has 0 unspecified atom stereocenters. The largest absolute Gasteiger partial charge is 0.386 e. The SMILES string of the molecule is O=C(Cc1ccsc1)NC[C@]1(O)CCCN(c2ncccn2)C1. The van der Waals surface area contributed by atoms with E-state index in [9.17, 15) is 9.90 Å². The normalized spacial score (nSPS) is 21.2. The molecular weight excluding hydrogens is 312 g/mol. The molecule has 2 N–H and O–H groups in total. The highest BCUT2D eigenvalue weighted by molar-refractivity contribution is 7.07. The number of aromatic nitrogens is 2. The lowest BCUT2D eigenvalue weighted by Crippen LogP contribution is -2.54. The average Bonchev–Trinajstić information content (AvgIpc) is 3.07. The standard InChI is InChI=1S/C16H20N4O2S/c21-14(9-13-3-8-23-10-13)19-11-16(22)4-1-7-20(12-16)15-17-5-2-6-18-15/h2-3,5-6,8,10,22H,1,4,7,9,11-12H2,(H,19,21)/t16-/m1/s1. The van der Waals surface area contributed by atoms with Gasteiger partial charge in [-0.15, -0.1) is 0 Å². The Kier molecular flexibility index (Phi) is 4.88. The van der Waals surface area contributed by atoms with Gasteiger partial charge in [-0.05, 0) is 41.3 Å². The van der Waals surface area contributed by atoms with E-state index >= 15 is 0 Å². The molecule has 1 atom stereocenters. The summed E-state index contributed by atoms with van der Waals surface area (Å²) in [7, 11) is 0. The molecular formula is C16H20N4O2S. The highest BCUT2D eigenvalue weighted by Crippen LogP contribution is 2.23. The molecule has 1 amide bonds. The third-order valence-electron chi connectivity index (χ3n) is 3.95. The predicted octanol–water partition coefficient (Wildman–Crippen LogP) is 1.23. The first kappa shape index (κ1) is 15.9. The van der Waals surface area contributed by atoms with Gasteiger partial charge in [0.25, 0.3) is 0 Å². The van der Waals surface area contributed by atoms with Gasteiger partial charge in [0.15, 0.2) is 0 Å². The minimum atomic E-state index is -0.943. The molecule has 0 aromatic carbocycles. The molecule has 6 nitrogen and oxygen atoms in total. The number of hydrogen-bond donors (Lipinski definition) is 2. The molecule has 2 aromatic heterocycles. The summed E-state index contributed by atoms with van der Waals surface area (Å²) in [4.78, 5) is 22.4. The molecule has 1 saturated heterocycles. The first-order valence-corrected chi connectivity index (χ1v) is 8.61. The van der Waals surface area contributed by atoms with Crippen LogP contribution >= 0.6 is 11.3 Å². The minimum absolute atomic E-state index is 0.0649. The zero-order valence-electron chi connectivity index (χ0n) is 12.8. The van der Waals surface area contributed by atoms with E-state index in [-0.39, 0.29) is 12.5 Å². The van der Waals surface area contributed by atoms with E-state index in [4.69, 9.17) is 0 Å². The van der Waals surface area contributed by atoms with Crippen LogP contribution in [0.3, 0.4) is 0 Å². The van der Waals surface area contributed by atoms with Gasteiger partial charge in [0.1, 0.15) is 0 Å². The van der Waals surface area contributed by atoms with Crippen molar-refractivity contribution in [3.05, 3.63) is 40.8 Å². The molecule has 0 spiro atoms. The fourth-order valence-corrected chi connectivity index (χ4v) is 3.45. The van der Waals surface area contributed by atoms with E-state index < -0.39 is 5.60 Å². The number of thiophene rings is 1. The molecule has 7 heteroatoms. The summed E-state index contributed by atoms with van der Waals surface area (Å²) in [6.45, 7) is 1.49. The number of nitrogens with zero attached hydrogens (tertiary/aromatic N) is 3. The summed E-state index contributed by atoms with van der Waals surface area (Å²) in [5.41, 5.74) is 0.0596. The Morgan fingerprint density at radius 2 is 2.26 bits per heavy atom. The second-order valence-electron chi connectivity index (χ2n) is 5.88. The van der Waals surface area contributed by atoms with Crippen LogP contribution in [0.1, 0.15) is 18.4 Å². The fourth-order valence-electron chi connectivity index (χ4n) is 2.79. The number of amides is 1. The molecule has 3 rings (SSSR count).